The quantitative estimate of drug-likeness (QED) is 0.378. The standard InChI is InChI=1S/C13H17NO2S/c1-4-16-13(15)9(2)8-17-12-7-5-6-11(14)10(12)3/h5-7H,2,4,8,14H2,1,3H3. The van der Waals surface area contributed by atoms with Crippen molar-refractivity contribution in [3.05, 3.63) is 35.9 Å². The van der Waals surface area contributed by atoms with Gasteiger partial charge in [-0.25, -0.2) is 4.79 Å². The van der Waals surface area contributed by atoms with Gasteiger partial charge in [-0.2, -0.15) is 0 Å². The molecule has 0 amide bonds. The number of anilines is 1. The minimum atomic E-state index is -0.332. The SMILES string of the molecule is C=C(CSc1cccc(N)c1C)C(=O)OCC. The number of thioether (sulfide) groups is 1. The van der Waals surface area contributed by atoms with Crippen molar-refractivity contribution in [1.82, 2.24) is 0 Å². The molecule has 0 radical (unpaired) electrons. The van der Waals surface area contributed by atoms with Crippen LogP contribution in [0.5, 0.6) is 0 Å². The van der Waals surface area contributed by atoms with Crippen LogP contribution in [-0.2, 0) is 9.53 Å². The van der Waals surface area contributed by atoms with Crippen LogP contribution in [0.4, 0.5) is 5.69 Å². The fourth-order valence-electron chi connectivity index (χ4n) is 1.24. The van der Waals surface area contributed by atoms with E-state index in [1.54, 1.807) is 18.7 Å². The number of ether oxygens (including phenoxy) is 1. The second kappa shape index (κ2) is 6.35. The fourth-order valence-corrected chi connectivity index (χ4v) is 2.20. The Kier molecular flexibility index (Phi) is 5.10. The number of hydrogen-bond donors (Lipinski definition) is 1. The summed E-state index contributed by atoms with van der Waals surface area (Å²) in [6.07, 6.45) is 0. The first-order valence-electron chi connectivity index (χ1n) is 5.39. The average Bonchev–Trinajstić information content (AvgIpc) is 2.31. The zero-order chi connectivity index (χ0) is 12.8. The van der Waals surface area contributed by atoms with Crippen molar-refractivity contribution >= 4 is 23.4 Å². The van der Waals surface area contributed by atoms with Crippen LogP contribution in [0.2, 0.25) is 0 Å². The van der Waals surface area contributed by atoms with Gasteiger partial charge in [0.05, 0.1) is 6.61 Å². The van der Waals surface area contributed by atoms with Gasteiger partial charge in [0, 0.05) is 21.9 Å². The monoisotopic (exact) mass is 251 g/mol. The molecule has 0 aromatic heterocycles. The summed E-state index contributed by atoms with van der Waals surface area (Å²) in [6, 6.07) is 5.74. The molecule has 1 rings (SSSR count). The van der Waals surface area contributed by atoms with Gasteiger partial charge in [-0.15, -0.1) is 11.8 Å². The lowest BCUT2D eigenvalue weighted by molar-refractivity contribution is -0.138. The second-order valence-electron chi connectivity index (χ2n) is 3.58. The molecule has 3 nitrogen and oxygen atoms in total. The summed E-state index contributed by atoms with van der Waals surface area (Å²) in [5.74, 6) is 0.185. The molecule has 2 N–H and O–H groups in total. The molecule has 0 spiro atoms. The first kappa shape index (κ1) is 13.6. The van der Waals surface area contributed by atoms with E-state index in [1.165, 1.54) is 0 Å². The highest BCUT2D eigenvalue weighted by Gasteiger charge is 2.09. The molecule has 0 fully saturated rings. The van der Waals surface area contributed by atoms with Gasteiger partial charge in [0.1, 0.15) is 0 Å². The maximum absolute atomic E-state index is 11.4. The van der Waals surface area contributed by atoms with Gasteiger partial charge in [0.25, 0.3) is 0 Å². The maximum Gasteiger partial charge on any atom is 0.334 e. The highest BCUT2D eigenvalue weighted by atomic mass is 32.2. The second-order valence-corrected chi connectivity index (χ2v) is 4.60. The number of carbonyl (C=O) groups is 1. The molecular weight excluding hydrogens is 234 g/mol. The third kappa shape index (κ3) is 3.82. The van der Waals surface area contributed by atoms with Crippen molar-refractivity contribution in [2.45, 2.75) is 18.7 Å². The average molecular weight is 251 g/mol. The van der Waals surface area contributed by atoms with Crippen molar-refractivity contribution in [2.75, 3.05) is 18.1 Å². The topological polar surface area (TPSA) is 52.3 Å². The molecular formula is C13H17NO2S. The van der Waals surface area contributed by atoms with Crippen LogP contribution in [0.1, 0.15) is 12.5 Å². The van der Waals surface area contributed by atoms with Gasteiger partial charge in [-0.1, -0.05) is 12.6 Å². The molecule has 0 unspecified atom stereocenters. The molecule has 1 aromatic rings. The summed E-state index contributed by atoms with van der Waals surface area (Å²) in [7, 11) is 0. The van der Waals surface area contributed by atoms with E-state index in [4.69, 9.17) is 10.5 Å². The minimum absolute atomic E-state index is 0.332. The molecule has 92 valence electrons. The molecule has 0 saturated heterocycles. The third-order valence-electron chi connectivity index (χ3n) is 2.29. The zero-order valence-electron chi connectivity index (χ0n) is 10.2. The lowest BCUT2D eigenvalue weighted by Gasteiger charge is -2.08. The van der Waals surface area contributed by atoms with Crippen LogP contribution in [-0.4, -0.2) is 18.3 Å². The molecule has 17 heavy (non-hydrogen) atoms. The summed E-state index contributed by atoms with van der Waals surface area (Å²) in [5, 5.41) is 0. The van der Waals surface area contributed by atoms with Crippen molar-refractivity contribution in [3.8, 4) is 0 Å². The van der Waals surface area contributed by atoms with Crippen LogP contribution in [0.25, 0.3) is 0 Å². The lowest BCUT2D eigenvalue weighted by Crippen LogP contribution is -2.08. The first-order valence-corrected chi connectivity index (χ1v) is 6.37. The Morgan fingerprint density at radius 3 is 2.88 bits per heavy atom. The van der Waals surface area contributed by atoms with E-state index in [-0.39, 0.29) is 5.97 Å². The Morgan fingerprint density at radius 2 is 2.24 bits per heavy atom. The van der Waals surface area contributed by atoms with Gasteiger partial charge >= 0.3 is 5.97 Å². The molecule has 0 bridgehead atoms. The Balaban J connectivity index is 2.59. The Bertz CT molecular complexity index is 429. The molecule has 0 saturated carbocycles. The van der Waals surface area contributed by atoms with Crippen LogP contribution >= 0.6 is 11.8 Å². The maximum atomic E-state index is 11.4. The molecule has 0 aliphatic rings. The van der Waals surface area contributed by atoms with E-state index in [0.29, 0.717) is 17.9 Å². The normalized spacial score (nSPS) is 10.0. The highest BCUT2D eigenvalue weighted by molar-refractivity contribution is 7.99. The van der Waals surface area contributed by atoms with Crippen LogP contribution in [0.3, 0.4) is 0 Å². The summed E-state index contributed by atoms with van der Waals surface area (Å²) in [5.41, 5.74) is 8.08. The van der Waals surface area contributed by atoms with E-state index < -0.39 is 0 Å². The minimum Gasteiger partial charge on any atom is -0.463 e. The van der Waals surface area contributed by atoms with E-state index in [1.807, 2.05) is 25.1 Å². The Morgan fingerprint density at radius 1 is 1.53 bits per heavy atom. The molecule has 0 aliphatic carbocycles. The smallest absolute Gasteiger partial charge is 0.334 e. The zero-order valence-corrected chi connectivity index (χ0v) is 11.0. The predicted octanol–water partition coefficient (Wildman–Crippen LogP) is 2.79. The van der Waals surface area contributed by atoms with Crippen molar-refractivity contribution in [2.24, 2.45) is 0 Å². The van der Waals surface area contributed by atoms with E-state index in [2.05, 4.69) is 6.58 Å². The number of hydrogen-bond acceptors (Lipinski definition) is 4. The summed E-state index contributed by atoms with van der Waals surface area (Å²) >= 11 is 1.54. The van der Waals surface area contributed by atoms with E-state index in [0.717, 1.165) is 16.1 Å². The van der Waals surface area contributed by atoms with Crippen LogP contribution in [0.15, 0.2) is 35.2 Å². The summed E-state index contributed by atoms with van der Waals surface area (Å²) in [6.45, 7) is 7.83. The van der Waals surface area contributed by atoms with Crippen LogP contribution < -0.4 is 5.73 Å². The van der Waals surface area contributed by atoms with Gasteiger partial charge in [0.2, 0.25) is 0 Å². The van der Waals surface area contributed by atoms with Crippen molar-refractivity contribution in [1.29, 1.82) is 0 Å². The van der Waals surface area contributed by atoms with E-state index in [9.17, 15) is 4.79 Å². The predicted molar refractivity (Wildman–Crippen MR) is 72.1 cm³/mol. The highest BCUT2D eigenvalue weighted by Crippen LogP contribution is 2.27. The lowest BCUT2D eigenvalue weighted by atomic mass is 10.2. The fraction of sp³-hybridized carbons (Fsp3) is 0.308. The third-order valence-corrected chi connectivity index (χ3v) is 3.54. The largest absolute Gasteiger partial charge is 0.463 e. The van der Waals surface area contributed by atoms with Crippen LogP contribution in [0, 0.1) is 6.92 Å². The van der Waals surface area contributed by atoms with Crippen molar-refractivity contribution in [3.63, 3.8) is 0 Å². The number of rotatable bonds is 5. The van der Waals surface area contributed by atoms with Gasteiger partial charge in [0.15, 0.2) is 0 Å². The van der Waals surface area contributed by atoms with Gasteiger partial charge < -0.3 is 10.5 Å². The number of benzene rings is 1. The number of nitrogen functional groups attached to an aromatic ring is 1. The molecule has 1 aromatic carbocycles. The molecule has 0 heterocycles. The van der Waals surface area contributed by atoms with Gasteiger partial charge in [-0.05, 0) is 31.5 Å². The van der Waals surface area contributed by atoms with E-state index >= 15 is 0 Å². The molecule has 4 heteroatoms. The van der Waals surface area contributed by atoms with Crippen molar-refractivity contribution < 1.29 is 9.53 Å². The Hall–Kier alpha value is -1.42. The first-order chi connectivity index (χ1) is 8.06. The number of nitrogens with two attached hydrogens (primary N) is 1. The summed E-state index contributed by atoms with van der Waals surface area (Å²) < 4.78 is 4.87. The number of carbonyl (C=O) groups excluding carboxylic acids is 1. The Labute approximate surface area is 106 Å². The molecule has 0 aliphatic heterocycles. The van der Waals surface area contributed by atoms with Gasteiger partial charge in [-0.3, -0.25) is 0 Å². The summed E-state index contributed by atoms with van der Waals surface area (Å²) in [4.78, 5) is 12.4. The number of esters is 1. The molecule has 0 atom stereocenters.